The van der Waals surface area contributed by atoms with Gasteiger partial charge < -0.3 is 5.11 Å². The number of aliphatic carboxylic acids is 1. The second kappa shape index (κ2) is 5.52. The topological polar surface area (TPSA) is 40.5 Å². The Hall–Kier alpha value is -0.780. The molecule has 0 radical (unpaired) electrons. The summed E-state index contributed by atoms with van der Waals surface area (Å²) in [6.45, 7) is 5.08. The van der Waals surface area contributed by atoms with Crippen LogP contribution in [0.3, 0.4) is 0 Å². The van der Waals surface area contributed by atoms with Gasteiger partial charge in [0.05, 0.1) is 12.5 Å². The number of alkyl halides is 3. The van der Waals surface area contributed by atoms with Crippen molar-refractivity contribution in [1.29, 1.82) is 0 Å². The third-order valence-electron chi connectivity index (χ3n) is 2.66. The molecule has 1 N–H and O–H groups in total. The first-order chi connectivity index (χ1) is 7.06. The molecule has 0 rings (SSSR count). The van der Waals surface area contributed by atoms with Crippen LogP contribution >= 0.6 is 0 Å². The van der Waals surface area contributed by atoms with E-state index in [0.717, 1.165) is 4.90 Å². The van der Waals surface area contributed by atoms with Crippen molar-refractivity contribution >= 4 is 5.97 Å². The Kier molecular flexibility index (Phi) is 5.25. The number of nitrogens with zero attached hydrogens (tertiary/aromatic N) is 1. The molecule has 96 valence electrons. The van der Waals surface area contributed by atoms with E-state index in [1.165, 1.54) is 13.8 Å². The van der Waals surface area contributed by atoms with Crippen molar-refractivity contribution in [2.24, 2.45) is 5.92 Å². The van der Waals surface area contributed by atoms with Crippen LogP contribution in [-0.4, -0.2) is 40.8 Å². The van der Waals surface area contributed by atoms with E-state index < -0.39 is 30.7 Å². The van der Waals surface area contributed by atoms with Crippen LogP contribution in [0.5, 0.6) is 0 Å². The largest absolute Gasteiger partial charge is 0.481 e. The molecule has 0 saturated heterocycles. The summed E-state index contributed by atoms with van der Waals surface area (Å²) in [6.07, 6.45) is -4.31. The summed E-state index contributed by atoms with van der Waals surface area (Å²) in [4.78, 5) is 11.9. The number of carbonyl (C=O) groups is 1. The lowest BCUT2D eigenvalue weighted by molar-refractivity contribution is -0.162. The Morgan fingerprint density at radius 3 is 1.94 bits per heavy atom. The summed E-state index contributed by atoms with van der Waals surface area (Å²) in [6, 6.07) is -1.00. The van der Waals surface area contributed by atoms with Gasteiger partial charge in [0.15, 0.2) is 0 Å². The average Bonchev–Trinajstić information content (AvgIpc) is 2.09. The van der Waals surface area contributed by atoms with Crippen molar-refractivity contribution in [3.05, 3.63) is 0 Å². The summed E-state index contributed by atoms with van der Waals surface area (Å²) in [5, 5.41) is 8.77. The lowest BCUT2D eigenvalue weighted by Gasteiger charge is -2.35. The Morgan fingerprint density at radius 2 is 1.69 bits per heavy atom. The Balaban J connectivity index is 4.72. The molecule has 0 fully saturated rings. The fourth-order valence-electron chi connectivity index (χ4n) is 1.50. The Morgan fingerprint density at radius 1 is 1.25 bits per heavy atom. The molecule has 0 aromatic heterocycles. The van der Waals surface area contributed by atoms with Gasteiger partial charge in [-0.05, 0) is 20.8 Å². The normalized spacial score (nSPS) is 16.6. The molecular formula is C10H18F3NO2. The molecule has 0 bridgehead atoms. The van der Waals surface area contributed by atoms with Crippen LogP contribution in [0.1, 0.15) is 27.7 Å². The first-order valence-electron chi connectivity index (χ1n) is 5.11. The molecule has 0 heterocycles. The first-order valence-corrected chi connectivity index (χ1v) is 5.11. The van der Waals surface area contributed by atoms with Gasteiger partial charge >= 0.3 is 12.1 Å². The molecule has 0 aromatic carbocycles. The lowest BCUT2D eigenvalue weighted by atomic mass is 10.0. The van der Waals surface area contributed by atoms with Crippen LogP contribution in [-0.2, 0) is 4.79 Å². The van der Waals surface area contributed by atoms with Crippen molar-refractivity contribution in [2.75, 3.05) is 6.54 Å². The Labute approximate surface area is 93.2 Å². The summed E-state index contributed by atoms with van der Waals surface area (Å²) in [5.41, 5.74) is 0. The van der Waals surface area contributed by atoms with E-state index in [1.807, 2.05) is 0 Å². The second-order valence-electron chi connectivity index (χ2n) is 4.25. The van der Waals surface area contributed by atoms with Crippen LogP contribution in [0, 0.1) is 5.92 Å². The highest BCUT2D eigenvalue weighted by atomic mass is 19.4. The fraction of sp³-hybridized carbons (Fsp3) is 0.900. The number of carboxylic acid groups (broad SMARTS) is 1. The predicted octanol–water partition coefficient (Wildman–Crippen LogP) is 2.37. The average molecular weight is 241 g/mol. The standard InChI is InChI=1S/C10H18F3NO2/c1-6(2)14(5-10(11,12)13)8(4)7(3)9(15)16/h6-8H,5H2,1-4H3,(H,15,16). The summed E-state index contributed by atoms with van der Waals surface area (Å²) < 4.78 is 36.9. The molecule has 0 saturated carbocycles. The van der Waals surface area contributed by atoms with Gasteiger partial charge in [-0.25, -0.2) is 0 Å². The SMILES string of the molecule is CC(C(=O)O)C(C)N(CC(F)(F)F)C(C)C. The number of hydrogen-bond acceptors (Lipinski definition) is 2. The lowest BCUT2D eigenvalue weighted by Crippen LogP contribution is -2.48. The highest BCUT2D eigenvalue weighted by molar-refractivity contribution is 5.70. The predicted molar refractivity (Wildman–Crippen MR) is 54.2 cm³/mol. The zero-order valence-corrected chi connectivity index (χ0v) is 9.88. The number of halogens is 3. The van der Waals surface area contributed by atoms with Crippen LogP contribution in [0.25, 0.3) is 0 Å². The maximum absolute atomic E-state index is 12.3. The highest BCUT2D eigenvalue weighted by Gasteiger charge is 2.36. The molecule has 2 atom stereocenters. The van der Waals surface area contributed by atoms with Gasteiger partial charge in [0.1, 0.15) is 0 Å². The van der Waals surface area contributed by atoms with Gasteiger partial charge in [0.25, 0.3) is 0 Å². The van der Waals surface area contributed by atoms with E-state index in [4.69, 9.17) is 5.11 Å². The monoisotopic (exact) mass is 241 g/mol. The van der Waals surface area contributed by atoms with Crippen molar-refractivity contribution < 1.29 is 23.1 Å². The third kappa shape index (κ3) is 4.83. The van der Waals surface area contributed by atoms with E-state index in [0.29, 0.717) is 0 Å². The molecule has 16 heavy (non-hydrogen) atoms. The maximum Gasteiger partial charge on any atom is 0.401 e. The second-order valence-corrected chi connectivity index (χ2v) is 4.25. The molecule has 0 spiro atoms. The van der Waals surface area contributed by atoms with Gasteiger partial charge in [0, 0.05) is 12.1 Å². The van der Waals surface area contributed by atoms with Crippen molar-refractivity contribution in [1.82, 2.24) is 4.90 Å². The third-order valence-corrected chi connectivity index (χ3v) is 2.66. The molecule has 0 aliphatic carbocycles. The van der Waals surface area contributed by atoms with Gasteiger partial charge in [-0.15, -0.1) is 0 Å². The van der Waals surface area contributed by atoms with Gasteiger partial charge in [-0.2, -0.15) is 13.2 Å². The highest BCUT2D eigenvalue weighted by Crippen LogP contribution is 2.22. The fourth-order valence-corrected chi connectivity index (χ4v) is 1.50. The number of hydrogen-bond donors (Lipinski definition) is 1. The zero-order valence-electron chi connectivity index (χ0n) is 9.88. The molecule has 2 unspecified atom stereocenters. The molecule has 3 nitrogen and oxygen atoms in total. The number of rotatable bonds is 5. The molecule has 6 heteroatoms. The van der Waals surface area contributed by atoms with Crippen molar-refractivity contribution in [3.63, 3.8) is 0 Å². The molecule has 0 amide bonds. The minimum absolute atomic E-state index is 0.349. The quantitative estimate of drug-likeness (QED) is 0.803. The van der Waals surface area contributed by atoms with Gasteiger partial charge in [-0.3, -0.25) is 9.69 Å². The Bertz CT molecular complexity index is 241. The van der Waals surface area contributed by atoms with E-state index in [2.05, 4.69) is 0 Å². The smallest absolute Gasteiger partial charge is 0.401 e. The maximum atomic E-state index is 12.3. The minimum Gasteiger partial charge on any atom is -0.481 e. The summed E-state index contributed by atoms with van der Waals surface area (Å²) in [7, 11) is 0. The van der Waals surface area contributed by atoms with Gasteiger partial charge in [-0.1, -0.05) is 6.92 Å². The van der Waals surface area contributed by atoms with Crippen LogP contribution in [0.15, 0.2) is 0 Å². The van der Waals surface area contributed by atoms with Crippen molar-refractivity contribution in [2.45, 2.75) is 46.0 Å². The zero-order chi connectivity index (χ0) is 13.1. The van der Waals surface area contributed by atoms with Crippen LogP contribution in [0.2, 0.25) is 0 Å². The van der Waals surface area contributed by atoms with Crippen LogP contribution in [0.4, 0.5) is 13.2 Å². The molecular weight excluding hydrogens is 223 g/mol. The van der Waals surface area contributed by atoms with Crippen molar-refractivity contribution in [3.8, 4) is 0 Å². The summed E-state index contributed by atoms with van der Waals surface area (Å²) >= 11 is 0. The van der Waals surface area contributed by atoms with E-state index in [1.54, 1.807) is 13.8 Å². The van der Waals surface area contributed by atoms with Crippen LogP contribution < -0.4 is 0 Å². The first kappa shape index (κ1) is 15.2. The van der Waals surface area contributed by atoms with E-state index in [9.17, 15) is 18.0 Å². The summed E-state index contributed by atoms with van der Waals surface area (Å²) in [5.74, 6) is -1.91. The van der Waals surface area contributed by atoms with Gasteiger partial charge in [0.2, 0.25) is 0 Å². The van der Waals surface area contributed by atoms with E-state index in [-0.39, 0.29) is 6.04 Å². The minimum atomic E-state index is -4.31. The number of carboxylic acids is 1. The molecule has 0 aliphatic rings. The molecule has 0 aromatic rings. The van der Waals surface area contributed by atoms with E-state index >= 15 is 0 Å². The molecule has 0 aliphatic heterocycles.